The van der Waals surface area contributed by atoms with Crippen molar-refractivity contribution in [2.45, 2.75) is 6.10 Å². The lowest BCUT2D eigenvalue weighted by atomic mass is 10.2. The molecule has 2 aliphatic rings. The summed E-state index contributed by atoms with van der Waals surface area (Å²) in [6, 6.07) is 4.60. The van der Waals surface area contributed by atoms with E-state index in [9.17, 15) is 14.0 Å². The summed E-state index contributed by atoms with van der Waals surface area (Å²) >= 11 is 0. The van der Waals surface area contributed by atoms with E-state index < -0.39 is 30.5 Å². The largest absolute Gasteiger partial charge is 0.443 e. The van der Waals surface area contributed by atoms with Crippen LogP contribution in [0.5, 0.6) is 0 Å². The first-order valence-electron chi connectivity index (χ1n) is 8.79. The number of cyclic esters (lactones) is 1. The molecule has 1 aromatic carbocycles. The van der Waals surface area contributed by atoms with Crippen LogP contribution < -0.4 is 15.5 Å². The van der Waals surface area contributed by atoms with Gasteiger partial charge in [-0.05, 0) is 18.2 Å². The molecule has 0 radical (unpaired) electrons. The van der Waals surface area contributed by atoms with E-state index in [-0.39, 0.29) is 6.54 Å². The first kappa shape index (κ1) is 19.3. The molecule has 0 spiro atoms. The Hall–Kier alpha value is -2.43. The molecule has 2 amide bonds. The lowest BCUT2D eigenvalue weighted by molar-refractivity contribution is -0.148. The van der Waals surface area contributed by atoms with Crippen molar-refractivity contribution in [1.82, 2.24) is 10.0 Å². The van der Waals surface area contributed by atoms with Crippen molar-refractivity contribution in [3.05, 3.63) is 24.0 Å². The Kier molecular flexibility index (Phi) is 5.78. The van der Waals surface area contributed by atoms with E-state index in [1.54, 1.807) is 24.2 Å². The Morgan fingerprint density at radius 2 is 2.07 bits per heavy atom. The van der Waals surface area contributed by atoms with Gasteiger partial charge in [0.2, 0.25) is 0 Å². The summed E-state index contributed by atoms with van der Waals surface area (Å²) in [6.07, 6.45) is -0.927. The predicted octanol–water partition coefficient (Wildman–Crippen LogP) is -0.403. The number of nitrogens with zero attached hydrogens (tertiary/aromatic N) is 4. The van der Waals surface area contributed by atoms with Crippen LogP contribution in [-0.4, -0.2) is 86.2 Å². The van der Waals surface area contributed by atoms with Gasteiger partial charge in [-0.2, -0.15) is 0 Å². The maximum absolute atomic E-state index is 14.8. The number of amides is 2. The van der Waals surface area contributed by atoms with Crippen molar-refractivity contribution in [2.75, 3.05) is 62.7 Å². The van der Waals surface area contributed by atoms with Gasteiger partial charge in [0.25, 0.3) is 5.91 Å². The van der Waals surface area contributed by atoms with Crippen molar-refractivity contribution >= 4 is 23.4 Å². The molecule has 3 rings (SSSR count). The van der Waals surface area contributed by atoms with E-state index in [2.05, 4.69) is 0 Å². The van der Waals surface area contributed by atoms with E-state index >= 15 is 0 Å². The number of hydrazine groups is 1. The molecule has 9 nitrogen and oxygen atoms in total. The summed E-state index contributed by atoms with van der Waals surface area (Å²) in [5, 5.41) is 12.3. The van der Waals surface area contributed by atoms with Crippen LogP contribution in [0.15, 0.2) is 18.2 Å². The molecular weight excluding hydrogens is 357 g/mol. The summed E-state index contributed by atoms with van der Waals surface area (Å²) in [4.78, 5) is 26.9. The molecule has 0 unspecified atom stereocenters. The Morgan fingerprint density at radius 3 is 2.70 bits per heavy atom. The number of anilines is 2. The van der Waals surface area contributed by atoms with Crippen molar-refractivity contribution in [3.63, 3.8) is 0 Å². The Bertz CT molecular complexity index is 719. The quantitative estimate of drug-likeness (QED) is 0.731. The van der Waals surface area contributed by atoms with Crippen LogP contribution in [-0.2, 0) is 9.53 Å². The zero-order chi connectivity index (χ0) is 19.6. The highest BCUT2D eigenvalue weighted by Crippen LogP contribution is 2.28. The molecule has 0 bridgehead atoms. The van der Waals surface area contributed by atoms with E-state index in [0.29, 0.717) is 44.1 Å². The number of carbonyl (C=O) groups is 2. The van der Waals surface area contributed by atoms with Gasteiger partial charge in [0, 0.05) is 33.2 Å². The number of likely N-dealkylation sites (N-methyl/N-ethyl adjacent to an activating group) is 1. The molecule has 2 aliphatic heterocycles. The van der Waals surface area contributed by atoms with E-state index in [1.807, 2.05) is 4.90 Å². The van der Waals surface area contributed by atoms with Crippen molar-refractivity contribution in [2.24, 2.45) is 5.73 Å². The second-order valence-corrected chi connectivity index (χ2v) is 6.53. The zero-order valence-corrected chi connectivity index (χ0v) is 15.2. The molecule has 1 atom stereocenters. The van der Waals surface area contributed by atoms with E-state index in [0.717, 1.165) is 0 Å². The second-order valence-electron chi connectivity index (χ2n) is 6.53. The summed E-state index contributed by atoms with van der Waals surface area (Å²) in [7, 11) is 1.75. The van der Waals surface area contributed by atoms with Crippen molar-refractivity contribution < 1.29 is 23.8 Å². The molecule has 2 fully saturated rings. The van der Waals surface area contributed by atoms with Gasteiger partial charge in [-0.15, -0.1) is 0 Å². The maximum Gasteiger partial charge on any atom is 0.414 e. The van der Waals surface area contributed by atoms with Gasteiger partial charge >= 0.3 is 6.09 Å². The minimum atomic E-state index is -0.566. The summed E-state index contributed by atoms with van der Waals surface area (Å²) in [6.45, 7) is 1.73. The molecular formula is C17H24FN5O4. The van der Waals surface area contributed by atoms with Crippen LogP contribution in [0.3, 0.4) is 0 Å². The summed E-state index contributed by atoms with van der Waals surface area (Å²) in [5.41, 5.74) is 6.34. The molecule has 2 heterocycles. The fourth-order valence-electron chi connectivity index (χ4n) is 3.30. The lowest BCUT2D eigenvalue weighted by Gasteiger charge is -2.28. The molecule has 3 N–H and O–H groups in total. The first-order chi connectivity index (χ1) is 12.9. The van der Waals surface area contributed by atoms with Crippen LogP contribution >= 0.6 is 0 Å². The lowest BCUT2D eigenvalue weighted by Crippen LogP contribution is -2.46. The highest BCUT2D eigenvalue weighted by Gasteiger charge is 2.32. The standard InChI is InChI=1S/C17H24FN5O4/c1-20-4-5-21(6-7-23(20)16(25)11-24)15-3-2-12(8-14(15)18)22-10-13(9-19)27-17(22)26/h2-3,8,13,24H,4-7,9-11,19H2,1H3/t13-/m0/s1. The highest BCUT2D eigenvalue weighted by molar-refractivity contribution is 5.90. The van der Waals surface area contributed by atoms with Crippen LogP contribution in [0.25, 0.3) is 0 Å². The minimum Gasteiger partial charge on any atom is -0.443 e. The molecule has 148 valence electrons. The van der Waals surface area contributed by atoms with Crippen LogP contribution in [0.2, 0.25) is 0 Å². The third-order valence-electron chi connectivity index (χ3n) is 4.83. The number of carbonyl (C=O) groups excluding carboxylic acids is 2. The predicted molar refractivity (Wildman–Crippen MR) is 96.7 cm³/mol. The van der Waals surface area contributed by atoms with E-state index in [1.165, 1.54) is 16.0 Å². The molecule has 0 aromatic heterocycles. The summed E-state index contributed by atoms with van der Waals surface area (Å²) < 4.78 is 19.9. The smallest absolute Gasteiger partial charge is 0.414 e. The maximum atomic E-state index is 14.8. The Balaban J connectivity index is 1.74. The average Bonchev–Trinajstić information content (AvgIpc) is 2.94. The first-order valence-corrected chi connectivity index (χ1v) is 8.79. The Morgan fingerprint density at radius 1 is 1.33 bits per heavy atom. The molecule has 27 heavy (non-hydrogen) atoms. The zero-order valence-electron chi connectivity index (χ0n) is 15.2. The van der Waals surface area contributed by atoms with Gasteiger partial charge in [-0.25, -0.2) is 14.2 Å². The van der Waals surface area contributed by atoms with E-state index in [4.69, 9.17) is 15.6 Å². The van der Waals surface area contributed by atoms with Gasteiger partial charge < -0.3 is 20.5 Å². The minimum absolute atomic E-state index is 0.215. The number of aliphatic hydroxyl groups excluding tert-OH is 1. The Labute approximate surface area is 156 Å². The molecule has 1 aromatic rings. The fourth-order valence-corrected chi connectivity index (χ4v) is 3.30. The van der Waals surface area contributed by atoms with Crippen molar-refractivity contribution in [3.8, 4) is 0 Å². The fraction of sp³-hybridized carbons (Fsp3) is 0.529. The SMILES string of the molecule is CN1CCN(c2ccc(N3C[C@H](CN)OC3=O)cc2F)CCN1C(=O)CO. The molecule has 10 heteroatoms. The number of hydrogen-bond donors (Lipinski definition) is 2. The number of benzene rings is 1. The van der Waals surface area contributed by atoms with Gasteiger partial charge in [-0.3, -0.25) is 14.7 Å². The average molecular weight is 381 g/mol. The summed E-state index contributed by atoms with van der Waals surface area (Å²) in [5.74, 6) is -0.849. The topological polar surface area (TPSA) is 103 Å². The number of nitrogens with two attached hydrogens (primary N) is 1. The van der Waals surface area contributed by atoms with Crippen LogP contribution in [0.1, 0.15) is 0 Å². The number of rotatable bonds is 4. The van der Waals surface area contributed by atoms with Crippen LogP contribution in [0, 0.1) is 5.82 Å². The molecule has 0 aliphatic carbocycles. The molecule has 0 saturated carbocycles. The number of aliphatic hydroxyl groups is 1. The van der Waals surface area contributed by atoms with Crippen molar-refractivity contribution in [1.29, 1.82) is 0 Å². The monoisotopic (exact) mass is 381 g/mol. The number of halogens is 1. The third kappa shape index (κ3) is 3.97. The highest BCUT2D eigenvalue weighted by atomic mass is 19.1. The van der Waals surface area contributed by atoms with Crippen LogP contribution in [0.4, 0.5) is 20.6 Å². The second kappa shape index (κ2) is 8.07. The van der Waals surface area contributed by atoms with Gasteiger partial charge in [0.1, 0.15) is 18.5 Å². The third-order valence-corrected chi connectivity index (χ3v) is 4.83. The van der Waals surface area contributed by atoms with Gasteiger partial charge in [0.05, 0.1) is 24.5 Å². The number of ether oxygens (including phenoxy) is 1. The normalized spacial score (nSPS) is 21.4. The van der Waals surface area contributed by atoms with Gasteiger partial charge in [0.15, 0.2) is 0 Å². The van der Waals surface area contributed by atoms with Gasteiger partial charge in [-0.1, -0.05) is 0 Å². The molecule has 2 saturated heterocycles. The number of hydrogen-bond acceptors (Lipinski definition) is 7.